The van der Waals surface area contributed by atoms with Gasteiger partial charge in [0.1, 0.15) is 11.6 Å². The molecule has 2 aromatic rings. The van der Waals surface area contributed by atoms with E-state index in [1.807, 2.05) is 6.92 Å². The van der Waals surface area contributed by atoms with E-state index in [1.54, 1.807) is 0 Å². The molecular weight excluding hydrogens is 630 g/mol. The number of benzene rings is 2. The summed E-state index contributed by atoms with van der Waals surface area (Å²) in [6.45, 7) is 4.58. The zero-order valence-electron chi connectivity index (χ0n) is 24.9. The predicted molar refractivity (Wildman–Crippen MR) is 154 cm³/mol. The Morgan fingerprint density at radius 3 is 1.80 bits per heavy atom. The van der Waals surface area contributed by atoms with Gasteiger partial charge in [0.25, 0.3) is 0 Å². The van der Waals surface area contributed by atoms with Gasteiger partial charge in [0.2, 0.25) is 11.8 Å². The standard InChI is InChI=1S/C17H21F4N3O2.C13H14F4N2O/c1-2-7-22-16(26)24-8-3-4-11(10-24)15(25)23-12-5-6-13(14(18)9-12)17(19,20)21;14-11-6-9(3-4-10(11)13(15,16)17)19-12(20)8-2-1-5-18-7-8/h5-6,9,11H,2-4,7-8,10H2,1H3,(H,22,26)(H,23,25);3-4,6,8,18H,1-2,5,7H2,(H,19,20)/t11-;8-/m00/s1. The van der Waals surface area contributed by atoms with E-state index in [-0.39, 0.29) is 35.8 Å². The molecule has 0 saturated carbocycles. The molecule has 0 aliphatic carbocycles. The van der Waals surface area contributed by atoms with Gasteiger partial charge in [0.05, 0.1) is 23.0 Å². The number of alkyl halides is 6. The molecule has 2 fully saturated rings. The summed E-state index contributed by atoms with van der Waals surface area (Å²) < 4.78 is 102. The van der Waals surface area contributed by atoms with E-state index < -0.39 is 46.9 Å². The van der Waals surface area contributed by atoms with Gasteiger partial charge < -0.3 is 26.2 Å². The Kier molecular flexibility index (Phi) is 12.7. The minimum Gasteiger partial charge on any atom is -0.338 e. The first-order valence-corrected chi connectivity index (χ1v) is 14.7. The third kappa shape index (κ3) is 10.6. The molecule has 0 bridgehead atoms. The Balaban J connectivity index is 0.000000259. The average Bonchev–Trinajstić information content (AvgIpc) is 2.99. The van der Waals surface area contributed by atoms with Gasteiger partial charge in [0, 0.05) is 37.6 Å². The second-order valence-electron chi connectivity index (χ2n) is 10.9. The summed E-state index contributed by atoms with van der Waals surface area (Å²) in [6, 6.07) is 4.38. The number of hydrogen-bond donors (Lipinski definition) is 4. The van der Waals surface area contributed by atoms with Crippen LogP contribution in [0.4, 0.5) is 51.3 Å². The van der Waals surface area contributed by atoms with Crippen LogP contribution < -0.4 is 21.3 Å². The van der Waals surface area contributed by atoms with E-state index in [9.17, 15) is 49.5 Å². The maximum absolute atomic E-state index is 13.6. The fourth-order valence-corrected chi connectivity index (χ4v) is 4.93. The number of carbonyl (C=O) groups is 3. The van der Waals surface area contributed by atoms with E-state index in [0.29, 0.717) is 63.2 Å². The first kappa shape index (κ1) is 36.5. The molecule has 2 aliphatic heterocycles. The van der Waals surface area contributed by atoms with E-state index >= 15 is 0 Å². The molecule has 2 saturated heterocycles. The van der Waals surface area contributed by atoms with Crippen LogP contribution in [-0.4, -0.2) is 55.5 Å². The van der Waals surface area contributed by atoms with Crippen LogP contribution in [0.25, 0.3) is 0 Å². The second kappa shape index (κ2) is 16.1. The average molecular weight is 666 g/mol. The third-order valence-electron chi connectivity index (χ3n) is 7.36. The molecule has 8 nitrogen and oxygen atoms in total. The van der Waals surface area contributed by atoms with Gasteiger partial charge in [-0.25, -0.2) is 13.6 Å². The molecule has 16 heteroatoms. The quantitative estimate of drug-likeness (QED) is 0.269. The molecule has 2 aliphatic rings. The Labute approximate surface area is 260 Å². The summed E-state index contributed by atoms with van der Waals surface area (Å²) in [5, 5.41) is 10.7. The monoisotopic (exact) mass is 665 g/mol. The van der Waals surface area contributed by atoms with Crippen molar-refractivity contribution < 1.29 is 49.5 Å². The van der Waals surface area contributed by atoms with Gasteiger partial charge in [-0.15, -0.1) is 0 Å². The first-order valence-electron chi connectivity index (χ1n) is 14.7. The van der Waals surface area contributed by atoms with Crippen molar-refractivity contribution in [1.82, 2.24) is 15.5 Å². The van der Waals surface area contributed by atoms with Gasteiger partial charge in [-0.05, 0) is 75.0 Å². The van der Waals surface area contributed by atoms with Crippen LogP contribution in [0.1, 0.15) is 50.2 Å². The summed E-state index contributed by atoms with van der Waals surface area (Å²) in [5.41, 5.74) is -2.74. The smallest absolute Gasteiger partial charge is 0.338 e. The summed E-state index contributed by atoms with van der Waals surface area (Å²) in [4.78, 5) is 37.7. The maximum atomic E-state index is 13.6. The van der Waals surface area contributed by atoms with Crippen LogP contribution in [0, 0.1) is 23.5 Å². The van der Waals surface area contributed by atoms with E-state index in [2.05, 4.69) is 21.3 Å². The third-order valence-corrected chi connectivity index (χ3v) is 7.36. The highest BCUT2D eigenvalue weighted by atomic mass is 19.4. The lowest BCUT2D eigenvalue weighted by atomic mass is 9.97. The molecule has 2 heterocycles. The van der Waals surface area contributed by atoms with Gasteiger partial charge in [-0.1, -0.05) is 6.92 Å². The maximum Gasteiger partial charge on any atom is 0.419 e. The van der Waals surface area contributed by atoms with Crippen LogP contribution in [-0.2, 0) is 21.9 Å². The number of halogens is 8. The molecule has 0 unspecified atom stereocenters. The number of nitrogens with zero attached hydrogens (tertiary/aromatic N) is 1. The summed E-state index contributed by atoms with van der Waals surface area (Å²) in [6.07, 6.45) is -5.97. The summed E-state index contributed by atoms with van der Waals surface area (Å²) >= 11 is 0. The number of rotatable bonds is 6. The van der Waals surface area contributed by atoms with Crippen molar-refractivity contribution in [2.45, 2.75) is 51.4 Å². The normalized spacial score (nSPS) is 18.6. The van der Waals surface area contributed by atoms with Gasteiger partial charge in [0.15, 0.2) is 0 Å². The van der Waals surface area contributed by atoms with Gasteiger partial charge >= 0.3 is 18.4 Å². The van der Waals surface area contributed by atoms with Crippen molar-refractivity contribution in [3.05, 3.63) is 59.2 Å². The topological polar surface area (TPSA) is 103 Å². The van der Waals surface area contributed by atoms with Crippen LogP contribution in [0.5, 0.6) is 0 Å². The van der Waals surface area contributed by atoms with Gasteiger partial charge in [-0.2, -0.15) is 26.3 Å². The van der Waals surface area contributed by atoms with Crippen LogP contribution >= 0.6 is 0 Å². The Morgan fingerprint density at radius 2 is 1.35 bits per heavy atom. The van der Waals surface area contributed by atoms with E-state index in [1.165, 1.54) is 4.90 Å². The number of anilines is 2. The molecule has 4 amide bonds. The fourth-order valence-electron chi connectivity index (χ4n) is 4.93. The summed E-state index contributed by atoms with van der Waals surface area (Å²) in [7, 11) is 0. The Hall–Kier alpha value is -3.95. The van der Waals surface area contributed by atoms with Crippen LogP contribution in [0.15, 0.2) is 36.4 Å². The van der Waals surface area contributed by atoms with E-state index in [0.717, 1.165) is 31.5 Å². The molecule has 254 valence electrons. The molecule has 2 aromatic carbocycles. The minimum atomic E-state index is -4.79. The number of piperidine rings is 2. The van der Waals surface area contributed by atoms with Crippen molar-refractivity contribution in [3.8, 4) is 0 Å². The molecule has 2 atom stereocenters. The SMILES string of the molecule is CCCNC(=O)N1CCC[C@H](C(=O)Nc2ccc(C(F)(F)F)c(F)c2)C1.O=C(Nc1ccc(C(F)(F)F)c(F)c1)[C@H]1CCCNC1. The number of nitrogens with one attached hydrogen (secondary N) is 4. The fraction of sp³-hybridized carbons (Fsp3) is 0.500. The highest BCUT2D eigenvalue weighted by molar-refractivity contribution is 5.93. The molecule has 0 aromatic heterocycles. The molecule has 4 N–H and O–H groups in total. The highest BCUT2D eigenvalue weighted by Gasteiger charge is 2.35. The van der Waals surface area contributed by atoms with Crippen molar-refractivity contribution in [2.75, 3.05) is 43.4 Å². The van der Waals surface area contributed by atoms with Crippen LogP contribution in [0.2, 0.25) is 0 Å². The Bertz CT molecular complexity index is 1360. The number of urea groups is 1. The number of hydrogen-bond acceptors (Lipinski definition) is 4. The molecular formula is C30H35F8N5O3. The Morgan fingerprint density at radius 1 is 0.826 bits per heavy atom. The highest BCUT2D eigenvalue weighted by Crippen LogP contribution is 2.33. The lowest BCUT2D eigenvalue weighted by Gasteiger charge is -2.32. The van der Waals surface area contributed by atoms with E-state index in [4.69, 9.17) is 0 Å². The predicted octanol–water partition coefficient (Wildman–Crippen LogP) is 6.40. The number of amides is 4. The largest absolute Gasteiger partial charge is 0.419 e. The minimum absolute atomic E-state index is 0.0334. The first-order chi connectivity index (χ1) is 21.6. The molecule has 4 rings (SSSR count). The zero-order chi connectivity index (χ0) is 34.1. The van der Waals surface area contributed by atoms with Crippen LogP contribution in [0.3, 0.4) is 0 Å². The lowest BCUT2D eigenvalue weighted by Crippen LogP contribution is -2.48. The number of likely N-dealkylation sites (tertiary alicyclic amines) is 1. The second-order valence-corrected chi connectivity index (χ2v) is 10.9. The van der Waals surface area contributed by atoms with Crippen molar-refractivity contribution in [1.29, 1.82) is 0 Å². The lowest BCUT2D eigenvalue weighted by molar-refractivity contribution is -0.140. The number of carbonyl (C=O) groups excluding carboxylic acids is 3. The molecule has 46 heavy (non-hydrogen) atoms. The summed E-state index contributed by atoms with van der Waals surface area (Å²) in [5.74, 6) is -4.33. The zero-order valence-corrected chi connectivity index (χ0v) is 24.9. The van der Waals surface area contributed by atoms with Crippen molar-refractivity contribution >= 4 is 29.2 Å². The van der Waals surface area contributed by atoms with Gasteiger partial charge in [-0.3, -0.25) is 9.59 Å². The molecule has 0 radical (unpaired) electrons. The molecule has 0 spiro atoms. The van der Waals surface area contributed by atoms with Crippen molar-refractivity contribution in [3.63, 3.8) is 0 Å². The van der Waals surface area contributed by atoms with Crippen molar-refractivity contribution in [2.24, 2.45) is 11.8 Å².